The molecule has 2 aliphatic rings. The molecular weight excluding hydrogens is 425 g/mol. The molecule has 3 rings (SSSR count). The minimum atomic E-state index is -0.501. The smallest absolute Gasteiger partial charge is 0.410 e. The normalized spacial score (nSPS) is 22.1. The van der Waals surface area contributed by atoms with Gasteiger partial charge in [0.25, 0.3) is 5.91 Å². The van der Waals surface area contributed by atoms with Crippen molar-refractivity contribution in [2.24, 2.45) is 5.92 Å². The fraction of sp³-hybridized carbons (Fsp3) is 0.680. The first-order chi connectivity index (χ1) is 15.5. The molecule has 2 fully saturated rings. The second-order valence-corrected chi connectivity index (χ2v) is 10.3. The first-order valence-electron chi connectivity index (χ1n) is 11.9. The molecule has 1 saturated heterocycles. The zero-order valence-electron chi connectivity index (χ0n) is 20.6. The lowest BCUT2D eigenvalue weighted by molar-refractivity contribution is 0.00651. The SMILES string of the molecule is CN(C)C(=O)c1ccc(OCC2CCC(N3CCN(C(=O)OC(C)(C)C)CC3)CC2)c(F)c1. The van der Waals surface area contributed by atoms with Crippen molar-refractivity contribution in [3.05, 3.63) is 29.6 Å². The van der Waals surface area contributed by atoms with E-state index in [4.69, 9.17) is 9.47 Å². The number of piperazine rings is 1. The van der Waals surface area contributed by atoms with E-state index in [0.717, 1.165) is 38.8 Å². The van der Waals surface area contributed by atoms with Crippen LogP contribution in [-0.4, -0.2) is 85.2 Å². The molecule has 8 heteroatoms. The first kappa shape index (κ1) is 25.3. The zero-order chi connectivity index (χ0) is 24.2. The maximum absolute atomic E-state index is 14.4. The monoisotopic (exact) mass is 463 g/mol. The van der Waals surface area contributed by atoms with Gasteiger partial charge in [0.1, 0.15) is 5.60 Å². The van der Waals surface area contributed by atoms with E-state index in [1.54, 1.807) is 31.1 Å². The van der Waals surface area contributed by atoms with Crippen molar-refractivity contribution in [1.29, 1.82) is 0 Å². The quantitative estimate of drug-likeness (QED) is 0.660. The lowest BCUT2D eigenvalue weighted by Gasteiger charge is -2.42. The summed E-state index contributed by atoms with van der Waals surface area (Å²) in [4.78, 5) is 29.9. The molecule has 7 nitrogen and oxygen atoms in total. The number of nitrogens with zero attached hydrogens (tertiary/aromatic N) is 3. The van der Waals surface area contributed by atoms with Gasteiger partial charge in [0.15, 0.2) is 11.6 Å². The average Bonchev–Trinajstić information content (AvgIpc) is 2.77. The van der Waals surface area contributed by atoms with Crippen molar-refractivity contribution < 1.29 is 23.5 Å². The van der Waals surface area contributed by atoms with Gasteiger partial charge in [-0.25, -0.2) is 9.18 Å². The Morgan fingerprint density at radius 3 is 2.24 bits per heavy atom. The summed E-state index contributed by atoms with van der Waals surface area (Å²) in [5, 5.41) is 0. The van der Waals surface area contributed by atoms with Crippen LogP contribution < -0.4 is 4.74 Å². The van der Waals surface area contributed by atoms with E-state index in [9.17, 15) is 14.0 Å². The van der Waals surface area contributed by atoms with Gasteiger partial charge < -0.3 is 19.3 Å². The standard InChI is InChI=1S/C25H38FN3O4/c1-25(2,3)33-24(31)29-14-12-28(13-15-29)20-9-6-18(7-10-20)17-32-22-11-8-19(16-21(22)26)23(30)27(4)5/h8,11,16,18,20H,6-7,9-10,12-15,17H2,1-5H3. The molecule has 0 aromatic heterocycles. The number of ether oxygens (including phenoxy) is 2. The van der Waals surface area contributed by atoms with Crippen LogP contribution in [0.3, 0.4) is 0 Å². The molecule has 1 aromatic carbocycles. The molecule has 33 heavy (non-hydrogen) atoms. The summed E-state index contributed by atoms with van der Waals surface area (Å²) >= 11 is 0. The first-order valence-corrected chi connectivity index (χ1v) is 11.9. The maximum atomic E-state index is 14.4. The molecule has 2 amide bonds. The van der Waals surface area contributed by atoms with Crippen LogP contribution in [0.5, 0.6) is 5.75 Å². The van der Waals surface area contributed by atoms with Crippen LogP contribution in [-0.2, 0) is 4.74 Å². The zero-order valence-corrected chi connectivity index (χ0v) is 20.6. The number of amides is 2. The molecule has 0 atom stereocenters. The third kappa shape index (κ3) is 7.06. The molecule has 0 bridgehead atoms. The molecule has 1 aromatic rings. The summed E-state index contributed by atoms with van der Waals surface area (Å²) in [5.74, 6) is -0.137. The number of carbonyl (C=O) groups excluding carboxylic acids is 2. The van der Waals surface area contributed by atoms with Crippen LogP contribution in [0.4, 0.5) is 9.18 Å². The average molecular weight is 464 g/mol. The van der Waals surface area contributed by atoms with Crippen molar-refractivity contribution in [2.75, 3.05) is 46.9 Å². The Hall–Kier alpha value is -2.35. The minimum absolute atomic E-state index is 0.200. The molecule has 0 N–H and O–H groups in total. The fourth-order valence-corrected chi connectivity index (χ4v) is 4.49. The molecule has 1 aliphatic carbocycles. The highest BCUT2D eigenvalue weighted by atomic mass is 19.1. The molecule has 0 spiro atoms. The van der Waals surface area contributed by atoms with Crippen LogP contribution in [0.15, 0.2) is 18.2 Å². The topological polar surface area (TPSA) is 62.3 Å². The third-order valence-electron chi connectivity index (χ3n) is 6.36. The Morgan fingerprint density at radius 1 is 1.06 bits per heavy atom. The molecular formula is C25H38FN3O4. The molecule has 184 valence electrons. The molecule has 0 unspecified atom stereocenters. The Bertz CT molecular complexity index is 823. The van der Waals surface area contributed by atoms with Crippen molar-refractivity contribution in [3.63, 3.8) is 0 Å². The maximum Gasteiger partial charge on any atom is 0.410 e. The molecule has 1 aliphatic heterocycles. The van der Waals surface area contributed by atoms with E-state index in [2.05, 4.69) is 4.90 Å². The number of carbonyl (C=O) groups is 2. The largest absolute Gasteiger partial charge is 0.490 e. The number of benzene rings is 1. The second kappa shape index (κ2) is 10.7. The highest BCUT2D eigenvalue weighted by molar-refractivity contribution is 5.94. The van der Waals surface area contributed by atoms with Gasteiger partial charge in [-0.3, -0.25) is 9.69 Å². The Kier molecular flexibility index (Phi) is 8.21. The summed E-state index contributed by atoms with van der Waals surface area (Å²) < 4.78 is 25.6. The van der Waals surface area contributed by atoms with Crippen molar-refractivity contribution in [3.8, 4) is 5.75 Å². The third-order valence-corrected chi connectivity index (χ3v) is 6.36. The second-order valence-electron chi connectivity index (χ2n) is 10.3. The summed E-state index contributed by atoms with van der Waals surface area (Å²) in [6, 6.07) is 4.91. The van der Waals surface area contributed by atoms with Gasteiger partial charge in [-0.15, -0.1) is 0 Å². The minimum Gasteiger partial charge on any atom is -0.490 e. The van der Waals surface area contributed by atoms with Crippen LogP contribution in [0.1, 0.15) is 56.8 Å². The van der Waals surface area contributed by atoms with Crippen molar-refractivity contribution in [1.82, 2.24) is 14.7 Å². The highest BCUT2D eigenvalue weighted by Crippen LogP contribution is 2.30. The van der Waals surface area contributed by atoms with E-state index < -0.39 is 11.4 Å². The lowest BCUT2D eigenvalue weighted by Crippen LogP contribution is -2.53. The number of halogens is 1. The molecule has 0 radical (unpaired) electrons. The highest BCUT2D eigenvalue weighted by Gasteiger charge is 2.31. The van der Waals surface area contributed by atoms with Crippen molar-refractivity contribution in [2.45, 2.75) is 58.1 Å². The van der Waals surface area contributed by atoms with E-state index in [-0.39, 0.29) is 17.7 Å². The lowest BCUT2D eigenvalue weighted by atomic mass is 9.85. The van der Waals surface area contributed by atoms with E-state index >= 15 is 0 Å². The fourth-order valence-electron chi connectivity index (χ4n) is 4.49. The van der Waals surface area contributed by atoms with Gasteiger partial charge in [0.05, 0.1) is 6.61 Å². The van der Waals surface area contributed by atoms with Gasteiger partial charge in [0, 0.05) is 51.9 Å². The Balaban J connectivity index is 1.40. The Labute approximate surface area is 196 Å². The van der Waals surface area contributed by atoms with E-state index in [0.29, 0.717) is 37.2 Å². The van der Waals surface area contributed by atoms with Gasteiger partial charge in [-0.1, -0.05) is 0 Å². The van der Waals surface area contributed by atoms with Gasteiger partial charge >= 0.3 is 6.09 Å². The predicted octanol–water partition coefficient (Wildman–Crippen LogP) is 4.02. The van der Waals surface area contributed by atoms with E-state index in [1.807, 2.05) is 20.8 Å². The summed E-state index contributed by atoms with van der Waals surface area (Å²) in [7, 11) is 3.28. The van der Waals surface area contributed by atoms with Gasteiger partial charge in [-0.2, -0.15) is 0 Å². The number of hydrogen-bond donors (Lipinski definition) is 0. The van der Waals surface area contributed by atoms with E-state index in [1.165, 1.54) is 11.0 Å². The summed E-state index contributed by atoms with van der Waals surface area (Å²) in [6.45, 7) is 9.28. The van der Waals surface area contributed by atoms with Crippen LogP contribution >= 0.6 is 0 Å². The van der Waals surface area contributed by atoms with Crippen LogP contribution in [0.2, 0.25) is 0 Å². The van der Waals surface area contributed by atoms with Crippen LogP contribution in [0.25, 0.3) is 0 Å². The number of hydrogen-bond acceptors (Lipinski definition) is 5. The summed E-state index contributed by atoms with van der Waals surface area (Å²) in [5.41, 5.74) is -0.152. The van der Waals surface area contributed by atoms with Crippen LogP contribution in [0, 0.1) is 11.7 Å². The summed E-state index contributed by atoms with van der Waals surface area (Å²) in [6.07, 6.45) is 4.01. The van der Waals surface area contributed by atoms with Gasteiger partial charge in [-0.05, 0) is 70.6 Å². The number of rotatable bonds is 5. The van der Waals surface area contributed by atoms with Gasteiger partial charge in [0.2, 0.25) is 0 Å². The van der Waals surface area contributed by atoms with Crippen molar-refractivity contribution >= 4 is 12.0 Å². The molecule has 1 heterocycles. The Morgan fingerprint density at radius 2 is 1.70 bits per heavy atom. The predicted molar refractivity (Wildman–Crippen MR) is 125 cm³/mol. The molecule has 1 saturated carbocycles.